The monoisotopic (exact) mass is 278 g/mol. The van der Waals surface area contributed by atoms with Gasteiger partial charge in [0, 0.05) is 0 Å². The van der Waals surface area contributed by atoms with Gasteiger partial charge in [-0.15, -0.1) is 0 Å². The Balaban J connectivity index is 2.08. The van der Waals surface area contributed by atoms with Gasteiger partial charge in [-0.25, -0.2) is 0 Å². The number of hydrogen-bond donors (Lipinski definition) is 1. The highest BCUT2D eigenvalue weighted by molar-refractivity contribution is 6.62. The van der Waals surface area contributed by atoms with Crippen molar-refractivity contribution in [2.75, 3.05) is 6.61 Å². The van der Waals surface area contributed by atoms with Crippen molar-refractivity contribution in [2.24, 2.45) is 0 Å². The lowest BCUT2D eigenvalue weighted by molar-refractivity contribution is 0.00578. The highest BCUT2D eigenvalue weighted by Crippen LogP contribution is 2.36. The van der Waals surface area contributed by atoms with Crippen LogP contribution in [0.1, 0.15) is 34.6 Å². The molecule has 2 rings (SSSR count). The van der Waals surface area contributed by atoms with Gasteiger partial charge in [-0.3, -0.25) is 0 Å². The van der Waals surface area contributed by atoms with Crippen molar-refractivity contribution in [1.29, 1.82) is 0 Å². The molecule has 1 aliphatic heterocycles. The fourth-order valence-corrected chi connectivity index (χ4v) is 1.95. The maximum Gasteiger partial charge on any atom is 0.494 e. The summed E-state index contributed by atoms with van der Waals surface area (Å²) in [5, 5.41) is 8.97. The van der Waals surface area contributed by atoms with Crippen LogP contribution in [0.5, 0.6) is 5.75 Å². The third-order valence-electron chi connectivity index (χ3n) is 4.00. The lowest BCUT2D eigenvalue weighted by Crippen LogP contribution is -2.41. The molecule has 1 aliphatic rings. The maximum absolute atomic E-state index is 8.97. The Hall–Kier alpha value is -1.04. The maximum atomic E-state index is 8.97. The molecule has 0 amide bonds. The van der Waals surface area contributed by atoms with E-state index in [9.17, 15) is 0 Å². The van der Waals surface area contributed by atoms with E-state index in [1.54, 1.807) is 0 Å². The second-order valence-corrected chi connectivity index (χ2v) is 6.27. The Bertz CT molecular complexity index is 439. The highest BCUT2D eigenvalue weighted by Gasteiger charge is 2.51. The standard InChI is InChI=1S/C15H23BO4/c1-11(10-17)18-13-8-6-12(7-9-13)16-19-14(2,3)15(4,5)20-16/h6-9,11,17H,10H2,1-5H3/t11-/m1/s1. The summed E-state index contributed by atoms with van der Waals surface area (Å²) < 4.78 is 17.5. The van der Waals surface area contributed by atoms with E-state index in [2.05, 4.69) is 0 Å². The van der Waals surface area contributed by atoms with E-state index < -0.39 is 0 Å². The van der Waals surface area contributed by atoms with Gasteiger partial charge >= 0.3 is 7.12 Å². The van der Waals surface area contributed by atoms with Crippen LogP contribution in [0.25, 0.3) is 0 Å². The van der Waals surface area contributed by atoms with E-state index in [0.717, 1.165) is 11.2 Å². The average Bonchev–Trinajstić information content (AvgIpc) is 2.59. The number of rotatable bonds is 4. The van der Waals surface area contributed by atoms with Crippen LogP contribution in [-0.2, 0) is 9.31 Å². The zero-order chi connectivity index (χ0) is 15.0. The van der Waals surface area contributed by atoms with Crippen LogP contribution in [0.15, 0.2) is 24.3 Å². The largest absolute Gasteiger partial charge is 0.494 e. The van der Waals surface area contributed by atoms with Crippen LogP contribution in [0, 0.1) is 0 Å². The minimum atomic E-state index is -0.357. The van der Waals surface area contributed by atoms with Crippen molar-refractivity contribution < 1.29 is 19.2 Å². The van der Waals surface area contributed by atoms with Gasteiger partial charge in [0.2, 0.25) is 0 Å². The van der Waals surface area contributed by atoms with Gasteiger partial charge in [0.1, 0.15) is 11.9 Å². The van der Waals surface area contributed by atoms with Gasteiger partial charge in [-0.1, -0.05) is 12.1 Å². The topological polar surface area (TPSA) is 47.9 Å². The molecule has 0 unspecified atom stereocenters. The number of aliphatic hydroxyl groups is 1. The fourth-order valence-electron chi connectivity index (χ4n) is 1.95. The Morgan fingerprint density at radius 1 is 1.10 bits per heavy atom. The Kier molecular flexibility index (Phi) is 4.14. The molecule has 0 saturated carbocycles. The Morgan fingerprint density at radius 3 is 2.05 bits per heavy atom. The molecule has 1 aromatic rings. The van der Waals surface area contributed by atoms with Crippen LogP contribution in [0.2, 0.25) is 0 Å². The first kappa shape index (κ1) is 15.4. The summed E-state index contributed by atoms with van der Waals surface area (Å²) in [5.41, 5.74) is 0.295. The van der Waals surface area contributed by atoms with Crippen molar-refractivity contribution >= 4 is 12.6 Å². The Labute approximate surface area is 121 Å². The van der Waals surface area contributed by atoms with E-state index in [4.69, 9.17) is 19.2 Å². The second kappa shape index (κ2) is 5.39. The minimum Gasteiger partial charge on any atom is -0.488 e. The van der Waals surface area contributed by atoms with Crippen LogP contribution in [0.3, 0.4) is 0 Å². The summed E-state index contributed by atoms with van der Waals surface area (Å²) in [4.78, 5) is 0. The molecule has 110 valence electrons. The molecule has 1 heterocycles. The summed E-state index contributed by atoms with van der Waals surface area (Å²) in [6.45, 7) is 9.96. The van der Waals surface area contributed by atoms with Gasteiger partial charge < -0.3 is 19.2 Å². The summed E-state index contributed by atoms with van der Waals surface area (Å²) in [7, 11) is -0.357. The van der Waals surface area contributed by atoms with Gasteiger partial charge in [0.05, 0.1) is 17.8 Å². The summed E-state index contributed by atoms with van der Waals surface area (Å²) >= 11 is 0. The average molecular weight is 278 g/mol. The quantitative estimate of drug-likeness (QED) is 0.852. The molecule has 0 spiro atoms. The molecule has 0 bridgehead atoms. The zero-order valence-electron chi connectivity index (χ0n) is 12.8. The van der Waals surface area contributed by atoms with Gasteiger partial charge in [0.15, 0.2) is 0 Å². The van der Waals surface area contributed by atoms with Crippen molar-refractivity contribution in [3.63, 3.8) is 0 Å². The van der Waals surface area contributed by atoms with E-state index >= 15 is 0 Å². The smallest absolute Gasteiger partial charge is 0.488 e. The van der Waals surface area contributed by atoms with Crippen molar-refractivity contribution in [3.05, 3.63) is 24.3 Å². The predicted molar refractivity (Wildman–Crippen MR) is 79.3 cm³/mol. The number of ether oxygens (including phenoxy) is 1. The predicted octanol–water partition coefficient (Wildman–Crippen LogP) is 1.75. The number of benzene rings is 1. The van der Waals surface area contributed by atoms with E-state index in [-0.39, 0.29) is 31.0 Å². The van der Waals surface area contributed by atoms with Gasteiger partial charge in [-0.05, 0) is 52.2 Å². The summed E-state index contributed by atoms with van der Waals surface area (Å²) in [6, 6.07) is 7.60. The third kappa shape index (κ3) is 3.00. The lowest BCUT2D eigenvalue weighted by Gasteiger charge is -2.32. The molecule has 0 aromatic heterocycles. The minimum absolute atomic E-state index is 0.00101. The SMILES string of the molecule is C[C@H](CO)Oc1ccc(B2OC(C)(C)C(C)(C)O2)cc1. The summed E-state index contributed by atoms with van der Waals surface area (Å²) in [5.74, 6) is 0.729. The molecule has 20 heavy (non-hydrogen) atoms. The van der Waals surface area contributed by atoms with Crippen LogP contribution in [0.4, 0.5) is 0 Å². The van der Waals surface area contributed by atoms with E-state index in [0.29, 0.717) is 0 Å². The molecule has 4 nitrogen and oxygen atoms in total. The van der Waals surface area contributed by atoms with E-state index in [1.165, 1.54) is 0 Å². The molecule has 1 atom stereocenters. The van der Waals surface area contributed by atoms with Crippen LogP contribution >= 0.6 is 0 Å². The molecule has 1 fully saturated rings. The Morgan fingerprint density at radius 2 is 1.60 bits per heavy atom. The molecular weight excluding hydrogens is 255 g/mol. The third-order valence-corrected chi connectivity index (χ3v) is 4.00. The highest BCUT2D eigenvalue weighted by atomic mass is 16.7. The first-order valence-electron chi connectivity index (χ1n) is 6.98. The lowest BCUT2D eigenvalue weighted by atomic mass is 9.79. The van der Waals surface area contributed by atoms with Crippen LogP contribution < -0.4 is 10.2 Å². The molecule has 1 saturated heterocycles. The zero-order valence-corrected chi connectivity index (χ0v) is 12.8. The summed E-state index contributed by atoms with van der Waals surface area (Å²) in [6.07, 6.45) is -0.210. The van der Waals surface area contributed by atoms with Crippen molar-refractivity contribution in [3.8, 4) is 5.75 Å². The molecule has 0 aliphatic carbocycles. The van der Waals surface area contributed by atoms with E-state index in [1.807, 2.05) is 58.9 Å². The van der Waals surface area contributed by atoms with Gasteiger partial charge in [0.25, 0.3) is 0 Å². The molecule has 1 N–H and O–H groups in total. The first-order valence-corrected chi connectivity index (χ1v) is 6.98. The molecule has 1 aromatic carbocycles. The molecule has 0 radical (unpaired) electrons. The number of hydrogen-bond acceptors (Lipinski definition) is 4. The van der Waals surface area contributed by atoms with Crippen molar-refractivity contribution in [1.82, 2.24) is 0 Å². The van der Waals surface area contributed by atoms with Gasteiger partial charge in [-0.2, -0.15) is 0 Å². The fraction of sp³-hybridized carbons (Fsp3) is 0.600. The molecular formula is C15H23BO4. The van der Waals surface area contributed by atoms with Crippen molar-refractivity contribution in [2.45, 2.75) is 51.9 Å². The molecule has 5 heteroatoms. The normalized spacial score (nSPS) is 21.8. The second-order valence-electron chi connectivity index (χ2n) is 6.27. The van der Waals surface area contributed by atoms with Crippen LogP contribution in [-0.4, -0.2) is 36.1 Å². The first-order chi connectivity index (χ1) is 9.25. The number of aliphatic hydroxyl groups excluding tert-OH is 1.